The van der Waals surface area contributed by atoms with Crippen molar-refractivity contribution >= 4 is 8.32 Å². The molecule has 1 unspecified atom stereocenters. The van der Waals surface area contributed by atoms with Crippen LogP contribution in [0.3, 0.4) is 0 Å². The molecule has 1 aliphatic heterocycles. The number of ether oxygens (including phenoxy) is 2. The molecular formula is C21H36O5Si. The normalized spacial score (nSPS) is 26.1. The standard InChI is InChI=1S/C21H36O5Si/c1-15-12-18(26-27(5,6)21(2,3)4)20(25-15)19(17(23)13-22)24-14-16-10-8-7-9-11-16/h7-11,15,17-20,22-23H,12-14H2,1-6H3/t15?,17-,18-,19+,20+/m0/s1. The van der Waals surface area contributed by atoms with E-state index in [2.05, 4.69) is 33.9 Å². The first-order valence-corrected chi connectivity index (χ1v) is 12.7. The van der Waals surface area contributed by atoms with Crippen molar-refractivity contribution in [2.24, 2.45) is 0 Å². The first kappa shape index (κ1) is 22.5. The van der Waals surface area contributed by atoms with Crippen molar-refractivity contribution in [3.05, 3.63) is 35.9 Å². The summed E-state index contributed by atoms with van der Waals surface area (Å²) in [5.74, 6) is 0. The third kappa shape index (κ3) is 5.86. The highest BCUT2D eigenvalue weighted by Crippen LogP contribution is 2.40. The number of rotatable bonds is 8. The van der Waals surface area contributed by atoms with Gasteiger partial charge in [-0.05, 0) is 30.6 Å². The predicted octanol–water partition coefficient (Wildman–Crippen LogP) is 3.49. The van der Waals surface area contributed by atoms with Gasteiger partial charge in [-0.15, -0.1) is 0 Å². The lowest BCUT2D eigenvalue weighted by Gasteiger charge is -2.40. The maximum Gasteiger partial charge on any atom is 0.192 e. The largest absolute Gasteiger partial charge is 0.411 e. The highest BCUT2D eigenvalue weighted by Gasteiger charge is 2.47. The van der Waals surface area contributed by atoms with Crippen LogP contribution in [-0.4, -0.2) is 55.7 Å². The monoisotopic (exact) mass is 396 g/mol. The fraction of sp³-hybridized carbons (Fsp3) is 0.714. The van der Waals surface area contributed by atoms with Gasteiger partial charge in [-0.1, -0.05) is 51.1 Å². The van der Waals surface area contributed by atoms with Gasteiger partial charge >= 0.3 is 0 Å². The van der Waals surface area contributed by atoms with E-state index in [0.29, 0.717) is 6.61 Å². The summed E-state index contributed by atoms with van der Waals surface area (Å²) in [6.07, 6.45) is -1.42. The molecule has 154 valence electrons. The van der Waals surface area contributed by atoms with Crippen molar-refractivity contribution in [2.45, 2.75) is 89.4 Å². The number of aliphatic hydroxyl groups excluding tert-OH is 2. The molecule has 0 amide bonds. The van der Waals surface area contributed by atoms with E-state index in [1.54, 1.807) is 0 Å². The van der Waals surface area contributed by atoms with Crippen molar-refractivity contribution in [3.8, 4) is 0 Å². The molecule has 0 saturated carbocycles. The van der Waals surface area contributed by atoms with Gasteiger partial charge in [-0.2, -0.15) is 0 Å². The zero-order chi connectivity index (χ0) is 20.2. The van der Waals surface area contributed by atoms with Crippen LogP contribution in [0.15, 0.2) is 30.3 Å². The predicted molar refractivity (Wildman–Crippen MR) is 109 cm³/mol. The Hall–Kier alpha value is -0.763. The van der Waals surface area contributed by atoms with E-state index < -0.39 is 26.6 Å². The number of benzene rings is 1. The lowest BCUT2D eigenvalue weighted by atomic mass is 10.0. The Morgan fingerprint density at radius 3 is 2.41 bits per heavy atom. The molecule has 6 heteroatoms. The molecule has 0 aliphatic carbocycles. The zero-order valence-electron chi connectivity index (χ0n) is 17.5. The van der Waals surface area contributed by atoms with Crippen LogP contribution >= 0.6 is 0 Å². The second-order valence-electron chi connectivity index (χ2n) is 9.07. The molecule has 0 spiro atoms. The molecule has 1 aromatic carbocycles. The van der Waals surface area contributed by atoms with Gasteiger partial charge in [0.2, 0.25) is 0 Å². The first-order valence-electron chi connectivity index (χ1n) is 9.83. The van der Waals surface area contributed by atoms with Gasteiger partial charge in [0.05, 0.1) is 25.4 Å². The van der Waals surface area contributed by atoms with Crippen LogP contribution in [0, 0.1) is 0 Å². The van der Waals surface area contributed by atoms with Gasteiger partial charge in [0.1, 0.15) is 18.3 Å². The van der Waals surface area contributed by atoms with Crippen LogP contribution in [-0.2, 0) is 20.5 Å². The van der Waals surface area contributed by atoms with Crippen molar-refractivity contribution in [1.82, 2.24) is 0 Å². The van der Waals surface area contributed by atoms with E-state index in [9.17, 15) is 10.2 Å². The van der Waals surface area contributed by atoms with Crippen molar-refractivity contribution in [2.75, 3.05) is 6.61 Å². The number of hydrogen-bond donors (Lipinski definition) is 2. The molecule has 0 aromatic heterocycles. The lowest BCUT2D eigenvalue weighted by molar-refractivity contribution is -0.146. The summed E-state index contributed by atoms with van der Waals surface area (Å²) in [4.78, 5) is 0. The Bertz CT molecular complexity index is 572. The minimum absolute atomic E-state index is 0.0264. The van der Waals surface area contributed by atoms with E-state index in [1.165, 1.54) is 0 Å². The highest BCUT2D eigenvalue weighted by molar-refractivity contribution is 6.74. The molecule has 27 heavy (non-hydrogen) atoms. The van der Waals surface area contributed by atoms with Gasteiger partial charge < -0.3 is 24.1 Å². The molecule has 1 fully saturated rings. The fourth-order valence-electron chi connectivity index (χ4n) is 3.13. The Morgan fingerprint density at radius 2 is 1.85 bits per heavy atom. The Morgan fingerprint density at radius 1 is 1.22 bits per heavy atom. The number of hydrogen-bond acceptors (Lipinski definition) is 5. The molecule has 2 rings (SSSR count). The van der Waals surface area contributed by atoms with Gasteiger partial charge in [-0.25, -0.2) is 0 Å². The summed E-state index contributed by atoms with van der Waals surface area (Å²) < 4.78 is 18.8. The zero-order valence-corrected chi connectivity index (χ0v) is 18.5. The van der Waals surface area contributed by atoms with Gasteiger partial charge in [0, 0.05) is 6.42 Å². The number of aliphatic hydroxyl groups is 2. The lowest BCUT2D eigenvalue weighted by Crippen LogP contribution is -2.51. The molecule has 1 aromatic rings. The van der Waals surface area contributed by atoms with Gasteiger partial charge in [-0.3, -0.25) is 0 Å². The second kappa shape index (κ2) is 9.16. The van der Waals surface area contributed by atoms with E-state index in [1.807, 2.05) is 37.3 Å². The van der Waals surface area contributed by atoms with E-state index in [-0.39, 0.29) is 23.9 Å². The Balaban J connectivity index is 2.16. The SMILES string of the molecule is CC1C[C@H](O[Si](C)(C)C(C)(C)C)[C@H]([C@H](OCc2ccccc2)[C@@H](O)CO)O1. The van der Waals surface area contributed by atoms with Crippen molar-refractivity contribution < 1.29 is 24.1 Å². The maximum absolute atomic E-state index is 10.4. The minimum Gasteiger partial charge on any atom is -0.411 e. The van der Waals surface area contributed by atoms with Gasteiger partial charge in [0.15, 0.2) is 8.32 Å². The average Bonchev–Trinajstić information content (AvgIpc) is 2.94. The van der Waals surface area contributed by atoms with E-state index in [0.717, 1.165) is 12.0 Å². The summed E-state index contributed by atoms with van der Waals surface area (Å²) in [5, 5.41) is 20.1. The minimum atomic E-state index is -2.00. The molecule has 5 atom stereocenters. The smallest absolute Gasteiger partial charge is 0.192 e. The molecule has 0 radical (unpaired) electrons. The van der Waals surface area contributed by atoms with Crippen molar-refractivity contribution in [3.63, 3.8) is 0 Å². The highest BCUT2D eigenvalue weighted by atomic mass is 28.4. The topological polar surface area (TPSA) is 68.2 Å². The maximum atomic E-state index is 10.4. The van der Waals surface area contributed by atoms with Crippen LogP contribution in [0.25, 0.3) is 0 Å². The molecular weight excluding hydrogens is 360 g/mol. The molecule has 0 bridgehead atoms. The van der Waals surface area contributed by atoms with Crippen molar-refractivity contribution in [1.29, 1.82) is 0 Å². The van der Waals surface area contributed by atoms with E-state index >= 15 is 0 Å². The van der Waals surface area contributed by atoms with Crippen LogP contribution < -0.4 is 0 Å². The Kier molecular flexibility index (Phi) is 7.64. The summed E-state index contributed by atoms with van der Waals surface area (Å²) in [6, 6.07) is 9.81. The third-order valence-corrected chi connectivity index (χ3v) is 10.3. The van der Waals surface area contributed by atoms with E-state index in [4.69, 9.17) is 13.9 Å². The molecule has 5 nitrogen and oxygen atoms in total. The molecule has 2 N–H and O–H groups in total. The molecule has 1 saturated heterocycles. The summed E-state index contributed by atoms with van der Waals surface area (Å²) in [6.45, 7) is 13.1. The molecule has 1 heterocycles. The second-order valence-corrected chi connectivity index (χ2v) is 13.8. The average molecular weight is 397 g/mol. The van der Waals surface area contributed by atoms with Crippen LogP contribution in [0.4, 0.5) is 0 Å². The van der Waals surface area contributed by atoms with Crippen LogP contribution in [0.1, 0.15) is 39.7 Å². The fourth-order valence-corrected chi connectivity index (χ4v) is 4.47. The molecule has 1 aliphatic rings. The van der Waals surface area contributed by atoms with Gasteiger partial charge in [0.25, 0.3) is 0 Å². The Labute approximate surface area is 164 Å². The summed E-state index contributed by atoms with van der Waals surface area (Å²) >= 11 is 0. The van der Waals surface area contributed by atoms with Crippen LogP contribution in [0.5, 0.6) is 0 Å². The quantitative estimate of drug-likeness (QED) is 0.658. The third-order valence-electron chi connectivity index (χ3n) is 5.75. The first-order chi connectivity index (χ1) is 12.5. The summed E-state index contributed by atoms with van der Waals surface area (Å²) in [7, 11) is -2.00. The summed E-state index contributed by atoms with van der Waals surface area (Å²) in [5.41, 5.74) is 1.01. The van der Waals surface area contributed by atoms with Crippen LogP contribution in [0.2, 0.25) is 18.1 Å².